The molecule has 3 atom stereocenters. The Morgan fingerprint density at radius 2 is 1.52 bits per heavy atom. The number of ether oxygens (including phenoxy) is 1. The minimum atomic E-state index is -3.95. The van der Waals surface area contributed by atoms with E-state index in [-0.39, 0.29) is 18.3 Å². The molecule has 0 saturated carbocycles. The third kappa shape index (κ3) is 3.81. The van der Waals surface area contributed by atoms with Crippen molar-refractivity contribution in [2.75, 3.05) is 13.2 Å². The Morgan fingerprint density at radius 1 is 0.966 bits per heavy atom. The summed E-state index contributed by atoms with van der Waals surface area (Å²) in [6.45, 7) is 6.98. The third-order valence-corrected chi connectivity index (χ3v) is 11.5. The fraction of sp³-hybridized carbons (Fsp3) is 0.429. The molecule has 2 saturated heterocycles. The minimum Gasteiger partial charge on any atom is -0.405 e. The van der Waals surface area contributed by atoms with E-state index in [1.165, 1.54) is 0 Å². The van der Waals surface area contributed by atoms with Gasteiger partial charge in [-0.15, -0.1) is 0 Å². The van der Waals surface area contributed by atoms with E-state index in [4.69, 9.17) is 17.5 Å². The highest BCUT2D eigenvalue weighted by molar-refractivity contribution is 7.82. The molecule has 6 nitrogen and oxygen atoms in total. The monoisotopic (exact) mass is 434 g/mol. The Hall–Kier alpha value is -1.55. The molecule has 4 rings (SSSR count). The molecule has 0 amide bonds. The second-order valence-corrected chi connectivity index (χ2v) is 14.0. The van der Waals surface area contributed by atoms with E-state index in [9.17, 15) is 8.42 Å². The zero-order valence-corrected chi connectivity index (χ0v) is 18.6. The number of hydrogen-bond donors (Lipinski definition) is 0. The van der Waals surface area contributed by atoms with E-state index in [0.29, 0.717) is 0 Å². The molecule has 0 unspecified atom stereocenters. The summed E-state index contributed by atoms with van der Waals surface area (Å²) >= 11 is 0. The van der Waals surface area contributed by atoms with Crippen molar-refractivity contribution in [2.24, 2.45) is 0 Å². The van der Waals surface area contributed by atoms with Gasteiger partial charge in [0, 0.05) is 0 Å². The molecule has 156 valence electrons. The molecule has 2 aliphatic heterocycles. The summed E-state index contributed by atoms with van der Waals surface area (Å²) in [5.41, 5.74) is 0. The molecule has 8 heteroatoms. The van der Waals surface area contributed by atoms with Gasteiger partial charge in [0.05, 0.1) is 13.2 Å². The third-order valence-electron chi connectivity index (χ3n) is 5.56. The first-order valence-electron chi connectivity index (χ1n) is 9.71. The maximum atomic E-state index is 11.7. The van der Waals surface area contributed by atoms with Gasteiger partial charge in [-0.1, -0.05) is 81.4 Å². The van der Waals surface area contributed by atoms with E-state index in [1.54, 1.807) is 0 Å². The van der Waals surface area contributed by atoms with Crippen molar-refractivity contribution < 1.29 is 25.9 Å². The first kappa shape index (κ1) is 20.7. The van der Waals surface area contributed by atoms with E-state index < -0.39 is 37.0 Å². The van der Waals surface area contributed by atoms with Crippen LogP contribution in [0.1, 0.15) is 20.8 Å². The van der Waals surface area contributed by atoms with Crippen LogP contribution in [0.5, 0.6) is 0 Å². The number of benzene rings is 2. The zero-order chi connectivity index (χ0) is 20.7. The SMILES string of the molecule is CC(C)(C)[Si](OC[C@H]1OC[C@@H]2OS(=O)(=O)O[C@@H]21)(c1ccccc1)c1ccccc1. The van der Waals surface area contributed by atoms with Crippen molar-refractivity contribution in [2.45, 2.75) is 44.1 Å². The van der Waals surface area contributed by atoms with Gasteiger partial charge in [0.2, 0.25) is 0 Å². The predicted molar refractivity (Wildman–Crippen MR) is 112 cm³/mol. The predicted octanol–water partition coefficient (Wildman–Crippen LogP) is 1.99. The van der Waals surface area contributed by atoms with Gasteiger partial charge in [-0.05, 0) is 15.4 Å². The second-order valence-electron chi connectivity index (χ2n) is 8.45. The molecule has 2 aromatic rings. The lowest BCUT2D eigenvalue weighted by molar-refractivity contribution is 0.0193. The van der Waals surface area contributed by atoms with Crippen LogP contribution in [0.2, 0.25) is 5.04 Å². The van der Waals surface area contributed by atoms with Crippen molar-refractivity contribution >= 4 is 29.1 Å². The van der Waals surface area contributed by atoms with Crippen LogP contribution in [0.25, 0.3) is 0 Å². The lowest BCUT2D eigenvalue weighted by atomic mass is 10.2. The summed E-state index contributed by atoms with van der Waals surface area (Å²) in [5, 5.41) is 2.14. The topological polar surface area (TPSA) is 71.1 Å². The quantitative estimate of drug-likeness (QED) is 0.671. The molecule has 0 aliphatic carbocycles. The fourth-order valence-corrected chi connectivity index (χ4v) is 9.88. The van der Waals surface area contributed by atoms with Crippen LogP contribution in [-0.2, 0) is 27.9 Å². The van der Waals surface area contributed by atoms with Gasteiger partial charge in [-0.25, -0.2) is 8.37 Å². The van der Waals surface area contributed by atoms with E-state index in [2.05, 4.69) is 45.0 Å². The highest BCUT2D eigenvalue weighted by Crippen LogP contribution is 2.38. The van der Waals surface area contributed by atoms with Crippen molar-refractivity contribution in [3.05, 3.63) is 60.7 Å². The van der Waals surface area contributed by atoms with Gasteiger partial charge < -0.3 is 9.16 Å². The maximum Gasteiger partial charge on any atom is 0.400 e. The molecule has 29 heavy (non-hydrogen) atoms. The molecule has 0 bridgehead atoms. The van der Waals surface area contributed by atoms with Crippen LogP contribution in [-0.4, -0.2) is 48.3 Å². The highest BCUT2D eigenvalue weighted by atomic mass is 32.3. The van der Waals surface area contributed by atoms with Crippen LogP contribution < -0.4 is 10.4 Å². The summed E-state index contributed by atoms with van der Waals surface area (Å²) in [6, 6.07) is 20.5. The summed E-state index contributed by atoms with van der Waals surface area (Å²) in [7, 11) is -6.67. The molecular weight excluding hydrogens is 408 g/mol. The summed E-state index contributed by atoms with van der Waals surface area (Å²) in [4.78, 5) is 0. The van der Waals surface area contributed by atoms with Crippen molar-refractivity contribution in [3.8, 4) is 0 Å². The molecule has 0 N–H and O–H groups in total. The van der Waals surface area contributed by atoms with Crippen LogP contribution in [0, 0.1) is 0 Å². The first-order chi connectivity index (χ1) is 13.7. The Labute approximate surface area is 173 Å². The molecule has 2 fully saturated rings. The van der Waals surface area contributed by atoms with Crippen molar-refractivity contribution in [3.63, 3.8) is 0 Å². The summed E-state index contributed by atoms with van der Waals surface area (Å²) in [6.07, 6.45) is -1.77. The standard InChI is InChI=1S/C21H26O6SSi/c1-21(2,3)29(16-10-6-4-7-11-16,17-12-8-5-9-13-17)25-15-18-20-19(14-24-18)26-28(22,23)27-20/h4-13,18-20H,14-15H2,1-3H3/t18-,19+,20-/m1/s1. The summed E-state index contributed by atoms with van der Waals surface area (Å²) in [5.74, 6) is 0. The molecule has 0 radical (unpaired) electrons. The Morgan fingerprint density at radius 3 is 2.03 bits per heavy atom. The minimum absolute atomic E-state index is 0.174. The number of fused-ring (bicyclic) bond motifs is 1. The maximum absolute atomic E-state index is 11.7. The number of hydrogen-bond acceptors (Lipinski definition) is 6. The van der Waals surface area contributed by atoms with Gasteiger partial charge in [-0.3, -0.25) is 0 Å². The van der Waals surface area contributed by atoms with Crippen LogP contribution in [0.4, 0.5) is 0 Å². The average molecular weight is 435 g/mol. The first-order valence-corrected chi connectivity index (χ1v) is 13.0. The molecule has 2 aromatic carbocycles. The molecule has 2 aliphatic rings. The van der Waals surface area contributed by atoms with Crippen LogP contribution in [0.15, 0.2) is 60.7 Å². The van der Waals surface area contributed by atoms with Crippen molar-refractivity contribution in [1.29, 1.82) is 0 Å². The van der Waals surface area contributed by atoms with Gasteiger partial charge in [0.15, 0.2) is 0 Å². The summed E-state index contributed by atoms with van der Waals surface area (Å²) < 4.78 is 46.0. The zero-order valence-electron chi connectivity index (χ0n) is 16.8. The van der Waals surface area contributed by atoms with E-state index in [0.717, 1.165) is 10.4 Å². The van der Waals surface area contributed by atoms with Crippen LogP contribution in [0.3, 0.4) is 0 Å². The lowest BCUT2D eigenvalue weighted by Gasteiger charge is -2.43. The fourth-order valence-electron chi connectivity index (χ4n) is 4.28. The van der Waals surface area contributed by atoms with Gasteiger partial charge >= 0.3 is 10.4 Å². The molecule has 0 aromatic heterocycles. The Bertz CT molecular complexity index is 903. The highest BCUT2D eigenvalue weighted by Gasteiger charge is 2.54. The van der Waals surface area contributed by atoms with Gasteiger partial charge in [0.1, 0.15) is 18.3 Å². The van der Waals surface area contributed by atoms with Gasteiger partial charge in [-0.2, -0.15) is 8.42 Å². The largest absolute Gasteiger partial charge is 0.405 e. The Balaban J connectivity index is 1.70. The lowest BCUT2D eigenvalue weighted by Crippen LogP contribution is -2.67. The molecule has 2 heterocycles. The Kier molecular flexibility index (Phi) is 5.43. The van der Waals surface area contributed by atoms with E-state index in [1.807, 2.05) is 36.4 Å². The second kappa shape index (κ2) is 7.61. The van der Waals surface area contributed by atoms with Gasteiger partial charge in [0.25, 0.3) is 8.32 Å². The van der Waals surface area contributed by atoms with E-state index >= 15 is 0 Å². The smallest absolute Gasteiger partial charge is 0.400 e. The number of rotatable bonds is 5. The molecular formula is C21H26O6SSi. The average Bonchev–Trinajstić information content (AvgIpc) is 3.18. The van der Waals surface area contributed by atoms with Crippen molar-refractivity contribution in [1.82, 2.24) is 0 Å². The van der Waals surface area contributed by atoms with Crippen LogP contribution >= 0.6 is 0 Å². The molecule has 0 spiro atoms. The normalized spacial score (nSPS) is 26.4.